The summed E-state index contributed by atoms with van der Waals surface area (Å²) in [6.07, 6.45) is 13.3. The van der Waals surface area contributed by atoms with E-state index < -0.39 is 0 Å². The van der Waals surface area contributed by atoms with Crippen LogP contribution in [0.3, 0.4) is 0 Å². The van der Waals surface area contributed by atoms with E-state index in [0.717, 1.165) is 25.2 Å². The third kappa shape index (κ3) is 2.53. The summed E-state index contributed by atoms with van der Waals surface area (Å²) in [5.41, 5.74) is 5.74. The van der Waals surface area contributed by atoms with Gasteiger partial charge in [-0.05, 0) is 62.7 Å². The van der Waals surface area contributed by atoms with Crippen LogP contribution < -0.4 is 0 Å². The first-order chi connectivity index (χ1) is 12.3. The molecule has 2 amide bonds. The average Bonchev–Trinajstić information content (AvgIpc) is 2.96. The molecule has 4 rings (SSSR count). The van der Waals surface area contributed by atoms with Crippen LogP contribution in [0.1, 0.15) is 85.5 Å². The van der Waals surface area contributed by atoms with E-state index in [-0.39, 0.29) is 23.3 Å². The zero-order chi connectivity index (χ0) is 18.7. The normalized spacial score (nSPS) is 38.8. The SMILES string of the molecule is CC(=O)N(C(C)=O)C1C=C2CCC3=C(CC[C@]4(C)CCC[C@@H]34)[C@@]2(C)CC1. The zero-order valence-electron chi connectivity index (χ0n) is 16.9. The van der Waals surface area contributed by atoms with Gasteiger partial charge in [-0.3, -0.25) is 14.5 Å². The van der Waals surface area contributed by atoms with Crippen molar-refractivity contribution in [2.24, 2.45) is 16.7 Å². The Kier molecular flexibility index (Phi) is 4.20. The molecule has 26 heavy (non-hydrogen) atoms. The minimum Gasteiger partial charge on any atom is -0.276 e. The Morgan fingerprint density at radius 1 is 1.00 bits per heavy atom. The maximum Gasteiger partial charge on any atom is 0.226 e. The highest BCUT2D eigenvalue weighted by atomic mass is 16.2. The molecule has 1 unspecified atom stereocenters. The smallest absolute Gasteiger partial charge is 0.226 e. The second-order valence-corrected chi connectivity index (χ2v) is 9.64. The molecule has 0 saturated heterocycles. The molecule has 0 N–H and O–H groups in total. The van der Waals surface area contributed by atoms with Gasteiger partial charge in [0.05, 0.1) is 6.04 Å². The molecule has 142 valence electrons. The van der Waals surface area contributed by atoms with E-state index in [0.29, 0.717) is 5.41 Å². The minimum absolute atomic E-state index is 0.0458. The van der Waals surface area contributed by atoms with E-state index >= 15 is 0 Å². The molecule has 4 aliphatic rings. The molecule has 1 fully saturated rings. The van der Waals surface area contributed by atoms with Crippen molar-refractivity contribution in [3.63, 3.8) is 0 Å². The van der Waals surface area contributed by atoms with Gasteiger partial charge in [0.1, 0.15) is 0 Å². The van der Waals surface area contributed by atoms with E-state index in [2.05, 4.69) is 19.9 Å². The molecular weight excluding hydrogens is 322 g/mol. The summed E-state index contributed by atoms with van der Waals surface area (Å²) in [6.45, 7) is 7.98. The molecule has 0 radical (unpaired) electrons. The summed E-state index contributed by atoms with van der Waals surface area (Å²) >= 11 is 0. The number of rotatable bonds is 1. The second-order valence-electron chi connectivity index (χ2n) is 9.64. The summed E-state index contributed by atoms with van der Waals surface area (Å²) in [5.74, 6) is 0.560. The van der Waals surface area contributed by atoms with Crippen LogP contribution in [0, 0.1) is 16.7 Å². The van der Waals surface area contributed by atoms with Crippen molar-refractivity contribution in [3.8, 4) is 0 Å². The zero-order valence-corrected chi connectivity index (χ0v) is 16.9. The van der Waals surface area contributed by atoms with Gasteiger partial charge in [0.15, 0.2) is 0 Å². The summed E-state index contributed by atoms with van der Waals surface area (Å²) in [4.78, 5) is 25.4. The summed E-state index contributed by atoms with van der Waals surface area (Å²) in [7, 11) is 0. The van der Waals surface area contributed by atoms with Crippen LogP contribution in [0.2, 0.25) is 0 Å². The van der Waals surface area contributed by atoms with Gasteiger partial charge in [-0.1, -0.05) is 43.1 Å². The molecular formula is C23H33NO2. The number of fused-ring (bicyclic) bond motifs is 4. The Morgan fingerprint density at radius 3 is 2.42 bits per heavy atom. The number of hydrogen-bond donors (Lipinski definition) is 0. The molecule has 0 aromatic heterocycles. The molecule has 1 saturated carbocycles. The molecule has 0 bridgehead atoms. The first-order valence-corrected chi connectivity index (χ1v) is 10.5. The van der Waals surface area contributed by atoms with Crippen molar-refractivity contribution >= 4 is 11.8 Å². The molecule has 4 aliphatic carbocycles. The van der Waals surface area contributed by atoms with Crippen molar-refractivity contribution in [2.45, 2.75) is 91.5 Å². The number of hydrogen-bond acceptors (Lipinski definition) is 2. The molecule has 0 aromatic rings. The summed E-state index contributed by atoms with van der Waals surface area (Å²) in [5, 5.41) is 0. The number of imide groups is 1. The van der Waals surface area contributed by atoms with E-state index in [1.165, 1.54) is 62.8 Å². The Bertz CT molecular complexity index is 704. The van der Waals surface area contributed by atoms with E-state index in [1.54, 1.807) is 11.1 Å². The van der Waals surface area contributed by atoms with Crippen LogP contribution in [0.4, 0.5) is 0 Å². The summed E-state index contributed by atoms with van der Waals surface area (Å²) < 4.78 is 0. The summed E-state index contributed by atoms with van der Waals surface area (Å²) in [6, 6.07) is -0.0458. The van der Waals surface area contributed by atoms with Crippen LogP contribution in [0.5, 0.6) is 0 Å². The predicted octanol–water partition coefficient (Wildman–Crippen LogP) is 5.17. The van der Waals surface area contributed by atoms with Gasteiger partial charge in [-0.25, -0.2) is 0 Å². The molecule has 0 heterocycles. The van der Waals surface area contributed by atoms with Gasteiger partial charge in [-0.15, -0.1) is 0 Å². The maximum absolute atomic E-state index is 12.0. The molecule has 4 atom stereocenters. The average molecular weight is 356 g/mol. The van der Waals surface area contributed by atoms with Crippen molar-refractivity contribution in [2.75, 3.05) is 0 Å². The highest BCUT2D eigenvalue weighted by molar-refractivity contribution is 5.93. The third-order valence-corrected chi connectivity index (χ3v) is 8.22. The van der Waals surface area contributed by atoms with Gasteiger partial charge in [0.25, 0.3) is 0 Å². The fourth-order valence-electron chi connectivity index (χ4n) is 6.83. The fourth-order valence-corrected chi connectivity index (χ4v) is 6.83. The Hall–Kier alpha value is -1.38. The van der Waals surface area contributed by atoms with Gasteiger partial charge in [0, 0.05) is 19.3 Å². The van der Waals surface area contributed by atoms with Crippen molar-refractivity contribution < 1.29 is 9.59 Å². The number of allylic oxidation sites excluding steroid dienone is 3. The minimum atomic E-state index is -0.127. The molecule has 0 spiro atoms. The standard InChI is InChI=1S/C23H33NO2/c1-15(25)24(16(2)26)18-9-13-23(4)17(14-18)7-8-19-20-6-5-11-22(20,3)12-10-21(19)23/h14,18,20H,5-13H2,1-4H3/t18?,20-,22-,23-/m0/s1. The van der Waals surface area contributed by atoms with E-state index in [4.69, 9.17) is 0 Å². The van der Waals surface area contributed by atoms with Gasteiger partial charge >= 0.3 is 0 Å². The third-order valence-electron chi connectivity index (χ3n) is 8.22. The highest BCUT2D eigenvalue weighted by Crippen LogP contribution is 2.62. The van der Waals surface area contributed by atoms with Crippen LogP contribution in [-0.2, 0) is 9.59 Å². The molecule has 0 aliphatic heterocycles. The quantitative estimate of drug-likeness (QED) is 0.609. The van der Waals surface area contributed by atoms with E-state index in [9.17, 15) is 9.59 Å². The number of nitrogens with zero attached hydrogens (tertiary/aromatic N) is 1. The van der Waals surface area contributed by atoms with Crippen LogP contribution in [-0.4, -0.2) is 22.8 Å². The predicted molar refractivity (Wildman–Crippen MR) is 103 cm³/mol. The van der Waals surface area contributed by atoms with Crippen molar-refractivity contribution in [1.82, 2.24) is 4.90 Å². The van der Waals surface area contributed by atoms with Crippen molar-refractivity contribution in [3.05, 3.63) is 22.8 Å². The topological polar surface area (TPSA) is 37.4 Å². The van der Waals surface area contributed by atoms with Gasteiger partial charge < -0.3 is 0 Å². The number of carbonyl (C=O) groups excluding carboxylic acids is 2. The largest absolute Gasteiger partial charge is 0.276 e. The number of carbonyl (C=O) groups is 2. The maximum atomic E-state index is 12.0. The first-order valence-electron chi connectivity index (χ1n) is 10.5. The van der Waals surface area contributed by atoms with E-state index in [1.807, 2.05) is 0 Å². The van der Waals surface area contributed by atoms with Crippen LogP contribution >= 0.6 is 0 Å². The Balaban J connectivity index is 1.69. The first kappa shape index (κ1) is 18.0. The molecule has 3 heteroatoms. The molecule has 3 nitrogen and oxygen atoms in total. The lowest BCUT2D eigenvalue weighted by Gasteiger charge is -2.51. The van der Waals surface area contributed by atoms with Crippen molar-refractivity contribution in [1.29, 1.82) is 0 Å². The molecule has 0 aromatic carbocycles. The van der Waals surface area contributed by atoms with Crippen LogP contribution in [0.15, 0.2) is 22.8 Å². The Morgan fingerprint density at radius 2 is 1.73 bits per heavy atom. The monoisotopic (exact) mass is 355 g/mol. The van der Waals surface area contributed by atoms with Crippen LogP contribution in [0.25, 0.3) is 0 Å². The lowest BCUT2D eigenvalue weighted by atomic mass is 9.54. The number of amides is 2. The fraction of sp³-hybridized carbons (Fsp3) is 0.739. The highest BCUT2D eigenvalue weighted by Gasteiger charge is 2.50. The second kappa shape index (κ2) is 6.07. The van der Waals surface area contributed by atoms with Gasteiger partial charge in [0.2, 0.25) is 11.8 Å². The lowest BCUT2D eigenvalue weighted by molar-refractivity contribution is -0.144. The van der Waals surface area contributed by atoms with Gasteiger partial charge in [-0.2, -0.15) is 0 Å². The lowest BCUT2D eigenvalue weighted by Crippen LogP contribution is -2.46. The Labute approximate surface area is 157 Å².